The van der Waals surface area contributed by atoms with Crippen molar-refractivity contribution in [3.63, 3.8) is 0 Å². The van der Waals surface area contributed by atoms with E-state index >= 15 is 0 Å². The van der Waals surface area contributed by atoms with Gasteiger partial charge in [-0.05, 0) is 59.2 Å². The van der Waals surface area contributed by atoms with Crippen LogP contribution in [0.1, 0.15) is 41.0 Å². The Balaban J connectivity index is 1.43. The molecule has 0 saturated carbocycles. The highest BCUT2D eigenvalue weighted by Crippen LogP contribution is 2.35. The molecule has 3 aromatic rings. The Bertz CT molecular complexity index is 1190. The number of halogens is 1. The summed E-state index contributed by atoms with van der Waals surface area (Å²) in [6.45, 7) is 0.989. The SMILES string of the molecule is O=C(O)CC1Cc2ccc(OCCCN=c3cc(Cl)ccn3O)cc2Cc2ccccc21. The highest BCUT2D eigenvalue weighted by atomic mass is 35.5. The highest BCUT2D eigenvalue weighted by Gasteiger charge is 2.24. The summed E-state index contributed by atoms with van der Waals surface area (Å²) in [6.07, 6.45) is 3.73. The lowest BCUT2D eigenvalue weighted by atomic mass is 9.89. The van der Waals surface area contributed by atoms with Crippen molar-refractivity contribution in [3.05, 3.63) is 93.6 Å². The van der Waals surface area contributed by atoms with Crippen LogP contribution in [-0.4, -0.2) is 34.2 Å². The Hall–Kier alpha value is -3.25. The van der Waals surface area contributed by atoms with Gasteiger partial charge >= 0.3 is 5.97 Å². The molecule has 1 aliphatic rings. The molecule has 0 aliphatic heterocycles. The molecule has 1 unspecified atom stereocenters. The van der Waals surface area contributed by atoms with Crippen molar-refractivity contribution in [1.29, 1.82) is 0 Å². The average Bonchev–Trinajstić information content (AvgIpc) is 2.91. The highest BCUT2D eigenvalue weighted by molar-refractivity contribution is 6.30. The Labute approximate surface area is 191 Å². The van der Waals surface area contributed by atoms with Crippen LogP contribution in [0.3, 0.4) is 0 Å². The lowest BCUT2D eigenvalue weighted by molar-refractivity contribution is -0.137. The van der Waals surface area contributed by atoms with Gasteiger partial charge in [-0.3, -0.25) is 9.79 Å². The fraction of sp³-hybridized carbons (Fsp3) is 0.280. The first-order valence-corrected chi connectivity index (χ1v) is 11.0. The molecule has 32 heavy (non-hydrogen) atoms. The maximum Gasteiger partial charge on any atom is 0.303 e. The molecule has 0 amide bonds. The number of hydrogen-bond donors (Lipinski definition) is 2. The third-order valence-electron chi connectivity index (χ3n) is 5.66. The monoisotopic (exact) mass is 452 g/mol. The minimum absolute atomic E-state index is 0.0286. The zero-order valence-corrected chi connectivity index (χ0v) is 18.3. The van der Waals surface area contributed by atoms with E-state index in [1.165, 1.54) is 22.9 Å². The first-order valence-electron chi connectivity index (χ1n) is 10.6. The van der Waals surface area contributed by atoms with Gasteiger partial charge in [0.05, 0.1) is 13.0 Å². The lowest BCUT2D eigenvalue weighted by Crippen LogP contribution is -2.18. The van der Waals surface area contributed by atoms with Crippen molar-refractivity contribution < 1.29 is 19.8 Å². The second kappa shape index (κ2) is 9.92. The van der Waals surface area contributed by atoms with E-state index in [-0.39, 0.29) is 12.3 Å². The van der Waals surface area contributed by atoms with Crippen LogP contribution in [0.25, 0.3) is 0 Å². The van der Waals surface area contributed by atoms with Crippen LogP contribution in [0.2, 0.25) is 5.02 Å². The summed E-state index contributed by atoms with van der Waals surface area (Å²) in [5, 5.41) is 19.6. The van der Waals surface area contributed by atoms with Crippen LogP contribution in [0.5, 0.6) is 5.75 Å². The summed E-state index contributed by atoms with van der Waals surface area (Å²) in [5.41, 5.74) is 5.04. The fourth-order valence-corrected chi connectivity index (χ4v) is 4.30. The molecule has 2 N–H and O–H groups in total. The fourth-order valence-electron chi connectivity index (χ4n) is 4.14. The summed E-state index contributed by atoms with van der Waals surface area (Å²) in [6, 6.07) is 17.4. The minimum atomic E-state index is -0.775. The topological polar surface area (TPSA) is 84.0 Å². The van der Waals surface area contributed by atoms with Gasteiger partial charge in [0.1, 0.15) is 5.75 Å². The number of ether oxygens (including phenoxy) is 1. The number of aromatic nitrogens is 1. The second-order valence-electron chi connectivity index (χ2n) is 7.94. The van der Waals surface area contributed by atoms with Crippen molar-refractivity contribution in [3.8, 4) is 5.75 Å². The number of carbonyl (C=O) groups is 1. The summed E-state index contributed by atoms with van der Waals surface area (Å²) in [5.74, 6) is -0.0138. The zero-order valence-electron chi connectivity index (χ0n) is 17.6. The molecule has 2 aromatic carbocycles. The maximum absolute atomic E-state index is 11.4. The van der Waals surface area contributed by atoms with Crippen molar-refractivity contribution in [2.24, 2.45) is 4.99 Å². The number of carboxylic acid groups (broad SMARTS) is 1. The number of aliphatic carboxylic acids is 1. The quantitative estimate of drug-likeness (QED) is 0.409. The molecule has 1 heterocycles. The van der Waals surface area contributed by atoms with E-state index in [1.807, 2.05) is 24.3 Å². The van der Waals surface area contributed by atoms with Crippen molar-refractivity contribution in [2.75, 3.05) is 13.2 Å². The Morgan fingerprint density at radius 3 is 2.81 bits per heavy atom. The molecule has 0 bridgehead atoms. The Morgan fingerprint density at radius 1 is 1.12 bits per heavy atom. The number of fused-ring (bicyclic) bond motifs is 2. The summed E-state index contributed by atoms with van der Waals surface area (Å²) >= 11 is 5.93. The average molecular weight is 453 g/mol. The third kappa shape index (κ3) is 5.32. The van der Waals surface area contributed by atoms with Gasteiger partial charge in [-0.15, -0.1) is 0 Å². The molecular weight excluding hydrogens is 428 g/mol. The van der Waals surface area contributed by atoms with Gasteiger partial charge in [-0.25, -0.2) is 0 Å². The molecule has 1 aromatic heterocycles. The largest absolute Gasteiger partial charge is 0.494 e. The van der Waals surface area contributed by atoms with Crippen molar-refractivity contribution in [2.45, 2.75) is 31.6 Å². The summed E-state index contributed by atoms with van der Waals surface area (Å²) in [4.78, 5) is 15.7. The van der Waals surface area contributed by atoms with Crippen LogP contribution in [-0.2, 0) is 17.6 Å². The van der Waals surface area contributed by atoms with Crippen molar-refractivity contribution in [1.82, 2.24) is 4.73 Å². The Morgan fingerprint density at radius 2 is 1.97 bits per heavy atom. The zero-order chi connectivity index (χ0) is 22.5. The molecule has 166 valence electrons. The van der Waals surface area contributed by atoms with Crippen LogP contribution < -0.4 is 10.2 Å². The molecule has 1 aliphatic carbocycles. The van der Waals surface area contributed by atoms with E-state index < -0.39 is 5.97 Å². The minimum Gasteiger partial charge on any atom is -0.494 e. The molecule has 0 saturated heterocycles. The Kier molecular flexibility index (Phi) is 6.81. The standard InChI is InChI=1S/C25H25ClN2O4/c26-21-8-10-28(31)24(16-21)27-9-3-11-32-22-7-6-17-12-20(15-25(29)30)23-5-2-1-4-18(23)13-19(17)14-22/h1-2,4-8,10,14,16,20,31H,3,9,11-13,15H2,(H,29,30). The van der Waals surface area contributed by atoms with Gasteiger partial charge in [-0.2, -0.15) is 4.73 Å². The second-order valence-corrected chi connectivity index (χ2v) is 8.37. The van der Waals surface area contributed by atoms with E-state index in [4.69, 9.17) is 16.3 Å². The predicted octanol–water partition coefficient (Wildman–Crippen LogP) is 4.45. The van der Waals surface area contributed by atoms with Crippen molar-refractivity contribution >= 4 is 17.6 Å². The van der Waals surface area contributed by atoms with Gasteiger partial charge in [0.15, 0.2) is 5.49 Å². The van der Waals surface area contributed by atoms with E-state index in [1.54, 1.807) is 12.1 Å². The van der Waals surface area contributed by atoms with Gasteiger partial charge in [0.2, 0.25) is 0 Å². The third-order valence-corrected chi connectivity index (χ3v) is 5.90. The van der Waals surface area contributed by atoms with Crippen LogP contribution in [0.4, 0.5) is 0 Å². The number of carboxylic acids is 1. The maximum atomic E-state index is 11.4. The molecule has 6 nitrogen and oxygen atoms in total. The van der Waals surface area contributed by atoms with Crippen LogP contribution in [0.15, 0.2) is 65.8 Å². The van der Waals surface area contributed by atoms with Gasteiger partial charge in [-0.1, -0.05) is 41.9 Å². The molecular formula is C25H25ClN2O4. The molecule has 4 rings (SSSR count). The molecule has 0 spiro atoms. The van der Waals surface area contributed by atoms with Crippen LogP contribution in [0, 0.1) is 0 Å². The summed E-state index contributed by atoms with van der Waals surface area (Å²) < 4.78 is 6.87. The van der Waals surface area contributed by atoms with Crippen LogP contribution >= 0.6 is 11.6 Å². The first kappa shape index (κ1) is 22.0. The predicted molar refractivity (Wildman–Crippen MR) is 122 cm³/mol. The van der Waals surface area contributed by atoms with Gasteiger partial charge in [0.25, 0.3) is 0 Å². The molecule has 7 heteroatoms. The van der Waals surface area contributed by atoms with Gasteiger partial charge < -0.3 is 15.1 Å². The molecule has 0 fully saturated rings. The van der Waals surface area contributed by atoms with E-state index in [2.05, 4.69) is 23.2 Å². The molecule has 0 radical (unpaired) electrons. The number of rotatable bonds is 7. The van der Waals surface area contributed by atoms with E-state index in [0.717, 1.165) is 22.5 Å². The first-order chi connectivity index (χ1) is 15.5. The van der Waals surface area contributed by atoms with E-state index in [0.29, 0.717) is 36.5 Å². The van der Waals surface area contributed by atoms with Gasteiger partial charge in [0, 0.05) is 30.3 Å². The molecule has 1 atom stereocenters. The smallest absolute Gasteiger partial charge is 0.303 e. The summed E-state index contributed by atoms with van der Waals surface area (Å²) in [7, 11) is 0. The number of nitrogens with zero attached hydrogens (tertiary/aromatic N) is 2. The number of benzene rings is 2. The normalized spacial score (nSPS) is 15.5. The van der Waals surface area contributed by atoms with E-state index in [9.17, 15) is 15.1 Å². The number of pyridine rings is 1. The lowest BCUT2D eigenvalue weighted by Gasteiger charge is -2.16. The number of hydrogen-bond acceptors (Lipinski definition) is 4.